The molecule has 0 aliphatic rings. The van der Waals surface area contributed by atoms with Crippen LogP contribution in [-0.2, 0) is 4.79 Å². The minimum atomic E-state index is -0.203. The Morgan fingerprint density at radius 1 is 1.10 bits per heavy atom. The van der Waals surface area contributed by atoms with Gasteiger partial charge in [-0.05, 0) is 55.8 Å². The maximum Gasteiger partial charge on any atom is 0.253 e. The highest BCUT2D eigenvalue weighted by Gasteiger charge is 2.12. The van der Waals surface area contributed by atoms with E-state index < -0.39 is 0 Å². The summed E-state index contributed by atoms with van der Waals surface area (Å²) in [5.74, 6) is 0.406. The molecule has 0 spiro atoms. The second-order valence-electron chi connectivity index (χ2n) is 6.59. The number of nitrogens with zero attached hydrogens (tertiary/aromatic N) is 1. The molecule has 0 atom stereocenters. The monoisotopic (exact) mass is 411 g/mol. The molecule has 0 bridgehead atoms. The fourth-order valence-corrected chi connectivity index (χ4v) is 3.03. The summed E-state index contributed by atoms with van der Waals surface area (Å²) in [6.07, 6.45) is 0.833. The van der Waals surface area contributed by atoms with Gasteiger partial charge in [0.25, 0.3) is 5.91 Å². The smallest absolute Gasteiger partial charge is 0.253 e. The molecular formula is C22H22ClN3O3. The third-order valence-electron chi connectivity index (χ3n) is 4.45. The van der Waals surface area contributed by atoms with Gasteiger partial charge in [0.1, 0.15) is 5.75 Å². The lowest BCUT2D eigenvalue weighted by atomic mass is 10.1. The summed E-state index contributed by atoms with van der Waals surface area (Å²) in [6.45, 7) is 2.19. The topological polar surface area (TPSA) is 80.3 Å². The van der Waals surface area contributed by atoms with Crippen LogP contribution in [0.4, 0.5) is 5.69 Å². The number of methoxy groups -OCH3 is 1. The van der Waals surface area contributed by atoms with Crippen LogP contribution in [0, 0.1) is 6.92 Å². The van der Waals surface area contributed by atoms with Crippen molar-refractivity contribution in [2.45, 2.75) is 19.8 Å². The molecule has 3 aromatic rings. The zero-order valence-electron chi connectivity index (χ0n) is 16.3. The van der Waals surface area contributed by atoms with Crippen LogP contribution in [0.15, 0.2) is 48.5 Å². The van der Waals surface area contributed by atoms with Crippen LogP contribution in [0.2, 0.25) is 5.02 Å². The van der Waals surface area contributed by atoms with Crippen LogP contribution < -0.4 is 15.4 Å². The van der Waals surface area contributed by atoms with E-state index in [1.165, 1.54) is 0 Å². The SMILES string of the molecule is COc1ccc2cc(C(=O)NCCCC(=O)Nc3ccc(Cl)cc3)c(C)nc2c1. The molecule has 0 aliphatic carbocycles. The van der Waals surface area contributed by atoms with Crippen molar-refractivity contribution in [3.05, 3.63) is 64.8 Å². The lowest BCUT2D eigenvalue weighted by Gasteiger charge is -2.10. The first kappa shape index (κ1) is 20.6. The number of halogens is 1. The number of aryl methyl sites for hydroxylation is 1. The van der Waals surface area contributed by atoms with E-state index in [9.17, 15) is 9.59 Å². The van der Waals surface area contributed by atoms with Crippen LogP contribution in [0.1, 0.15) is 28.9 Å². The zero-order chi connectivity index (χ0) is 20.8. The molecule has 2 amide bonds. The number of nitrogens with one attached hydrogen (secondary N) is 2. The van der Waals surface area contributed by atoms with Crippen LogP contribution in [-0.4, -0.2) is 30.5 Å². The first-order valence-electron chi connectivity index (χ1n) is 9.25. The minimum Gasteiger partial charge on any atom is -0.497 e. The van der Waals surface area contributed by atoms with Crippen molar-refractivity contribution in [3.8, 4) is 5.75 Å². The Labute approximate surface area is 174 Å². The fourth-order valence-electron chi connectivity index (χ4n) is 2.90. The Morgan fingerprint density at radius 2 is 1.86 bits per heavy atom. The third kappa shape index (κ3) is 5.45. The molecule has 0 saturated carbocycles. The molecular weight excluding hydrogens is 390 g/mol. The van der Waals surface area contributed by atoms with Gasteiger partial charge in [-0.3, -0.25) is 14.6 Å². The van der Waals surface area contributed by atoms with Crippen LogP contribution in [0.25, 0.3) is 10.9 Å². The first-order chi connectivity index (χ1) is 14.0. The summed E-state index contributed by atoms with van der Waals surface area (Å²) < 4.78 is 5.21. The number of carbonyl (C=O) groups is 2. The van der Waals surface area contributed by atoms with Gasteiger partial charge in [-0.2, -0.15) is 0 Å². The molecule has 6 nitrogen and oxygen atoms in total. The second-order valence-corrected chi connectivity index (χ2v) is 7.03. The first-order valence-corrected chi connectivity index (χ1v) is 9.63. The van der Waals surface area contributed by atoms with E-state index in [0.29, 0.717) is 41.4 Å². The number of anilines is 1. The average Bonchev–Trinajstić information content (AvgIpc) is 2.71. The molecule has 0 unspecified atom stereocenters. The Balaban J connectivity index is 1.52. The van der Waals surface area contributed by atoms with E-state index in [1.807, 2.05) is 24.3 Å². The largest absolute Gasteiger partial charge is 0.497 e. The van der Waals surface area contributed by atoms with E-state index in [2.05, 4.69) is 15.6 Å². The molecule has 2 N–H and O–H groups in total. The molecule has 150 valence electrons. The molecule has 29 heavy (non-hydrogen) atoms. The maximum absolute atomic E-state index is 12.5. The molecule has 1 heterocycles. The van der Waals surface area contributed by atoms with Crippen molar-refractivity contribution >= 4 is 40.0 Å². The number of fused-ring (bicyclic) bond motifs is 1. The number of carbonyl (C=O) groups excluding carboxylic acids is 2. The summed E-state index contributed by atoms with van der Waals surface area (Å²) in [7, 11) is 1.60. The standard InChI is InChI=1S/C22H22ClN3O3/c1-14-19(12-15-5-10-18(29-2)13-20(15)25-14)22(28)24-11-3-4-21(27)26-17-8-6-16(23)7-9-17/h5-10,12-13H,3-4,11H2,1-2H3,(H,24,28)(H,26,27). The Bertz CT molecular complexity index is 1040. The van der Waals surface area contributed by atoms with E-state index in [0.717, 1.165) is 16.7 Å². The van der Waals surface area contributed by atoms with Crippen molar-refractivity contribution in [1.82, 2.24) is 10.3 Å². The molecule has 0 fully saturated rings. The predicted molar refractivity (Wildman–Crippen MR) is 115 cm³/mol. The van der Waals surface area contributed by atoms with Gasteiger partial charge in [0.15, 0.2) is 0 Å². The minimum absolute atomic E-state index is 0.112. The van der Waals surface area contributed by atoms with Gasteiger partial charge in [-0.1, -0.05) is 11.6 Å². The molecule has 1 aromatic heterocycles. The number of pyridine rings is 1. The molecule has 3 rings (SSSR count). The summed E-state index contributed by atoms with van der Waals surface area (Å²) in [5, 5.41) is 7.13. The lowest BCUT2D eigenvalue weighted by Crippen LogP contribution is -2.26. The highest BCUT2D eigenvalue weighted by Crippen LogP contribution is 2.21. The lowest BCUT2D eigenvalue weighted by molar-refractivity contribution is -0.116. The number of rotatable bonds is 7. The van der Waals surface area contributed by atoms with Crippen molar-refractivity contribution in [1.29, 1.82) is 0 Å². The quantitative estimate of drug-likeness (QED) is 0.566. The van der Waals surface area contributed by atoms with Gasteiger partial charge in [0, 0.05) is 35.1 Å². The van der Waals surface area contributed by atoms with Crippen molar-refractivity contribution in [3.63, 3.8) is 0 Å². The summed E-state index contributed by atoms with van der Waals surface area (Å²) in [4.78, 5) is 29.0. The molecule has 7 heteroatoms. The number of hydrogen-bond acceptors (Lipinski definition) is 4. The number of ether oxygens (including phenoxy) is 1. The fraction of sp³-hybridized carbons (Fsp3) is 0.227. The number of hydrogen-bond donors (Lipinski definition) is 2. The third-order valence-corrected chi connectivity index (χ3v) is 4.71. The second kappa shape index (κ2) is 9.39. The van der Waals surface area contributed by atoms with Crippen LogP contribution >= 0.6 is 11.6 Å². The number of benzene rings is 2. The number of aromatic nitrogens is 1. The molecule has 0 aliphatic heterocycles. The van der Waals surface area contributed by atoms with Gasteiger partial charge < -0.3 is 15.4 Å². The number of amides is 2. The summed E-state index contributed by atoms with van der Waals surface area (Å²) in [6, 6.07) is 14.3. The molecule has 0 radical (unpaired) electrons. The van der Waals surface area contributed by atoms with E-state index in [4.69, 9.17) is 16.3 Å². The molecule has 2 aromatic carbocycles. The van der Waals surface area contributed by atoms with Gasteiger partial charge in [0.2, 0.25) is 5.91 Å². The highest BCUT2D eigenvalue weighted by molar-refractivity contribution is 6.30. The van der Waals surface area contributed by atoms with Gasteiger partial charge >= 0.3 is 0 Å². The van der Waals surface area contributed by atoms with E-state index >= 15 is 0 Å². The summed E-state index contributed by atoms with van der Waals surface area (Å²) >= 11 is 5.82. The van der Waals surface area contributed by atoms with Gasteiger partial charge in [-0.15, -0.1) is 0 Å². The zero-order valence-corrected chi connectivity index (χ0v) is 17.0. The van der Waals surface area contributed by atoms with Crippen LogP contribution in [0.3, 0.4) is 0 Å². The predicted octanol–water partition coefficient (Wildman–Crippen LogP) is 4.35. The molecule has 0 saturated heterocycles. The maximum atomic E-state index is 12.5. The van der Waals surface area contributed by atoms with Crippen molar-refractivity contribution in [2.24, 2.45) is 0 Å². The van der Waals surface area contributed by atoms with Crippen LogP contribution in [0.5, 0.6) is 5.75 Å². The van der Waals surface area contributed by atoms with Crippen molar-refractivity contribution in [2.75, 3.05) is 19.0 Å². The average molecular weight is 412 g/mol. The highest BCUT2D eigenvalue weighted by atomic mass is 35.5. The van der Waals surface area contributed by atoms with Crippen molar-refractivity contribution < 1.29 is 14.3 Å². The van der Waals surface area contributed by atoms with Gasteiger partial charge in [-0.25, -0.2) is 0 Å². The Morgan fingerprint density at radius 3 is 2.59 bits per heavy atom. The Kier molecular flexibility index (Phi) is 6.67. The summed E-state index contributed by atoms with van der Waals surface area (Å²) in [5.41, 5.74) is 2.63. The Hall–Kier alpha value is -3.12. The van der Waals surface area contributed by atoms with Gasteiger partial charge in [0.05, 0.1) is 23.9 Å². The van der Waals surface area contributed by atoms with E-state index in [-0.39, 0.29) is 11.8 Å². The van der Waals surface area contributed by atoms with E-state index in [1.54, 1.807) is 38.3 Å². The normalized spacial score (nSPS) is 10.6.